The summed E-state index contributed by atoms with van der Waals surface area (Å²) >= 11 is 1.82. The molecule has 2 aromatic rings. The third-order valence-corrected chi connectivity index (χ3v) is 4.27. The van der Waals surface area contributed by atoms with E-state index in [0.29, 0.717) is 6.04 Å². The van der Waals surface area contributed by atoms with Crippen molar-refractivity contribution in [1.82, 2.24) is 5.32 Å². The van der Waals surface area contributed by atoms with Gasteiger partial charge in [0.1, 0.15) is 5.82 Å². The molecule has 1 atom stereocenters. The first-order valence-electron chi connectivity index (χ1n) is 6.72. The molecule has 0 aliphatic rings. The fourth-order valence-electron chi connectivity index (χ4n) is 2.27. The van der Waals surface area contributed by atoms with E-state index in [1.54, 1.807) is 12.1 Å². The van der Waals surface area contributed by atoms with Crippen LogP contribution in [0.2, 0.25) is 0 Å². The van der Waals surface area contributed by atoms with Gasteiger partial charge in [0.15, 0.2) is 0 Å². The first-order valence-corrected chi connectivity index (χ1v) is 7.60. The molecule has 2 rings (SSSR count). The van der Waals surface area contributed by atoms with E-state index in [1.807, 2.05) is 24.5 Å². The molecule has 0 saturated carbocycles. The number of halogens is 1. The standard InChI is InChI=1S/C16H20FNS/c1-18-15(7-3-8-16-9-4-10-19-16)12-13-5-2-6-14(17)11-13/h2,4-6,9-11,15,18H,3,7-8,12H2,1H3. The van der Waals surface area contributed by atoms with Crippen molar-refractivity contribution in [2.75, 3.05) is 7.05 Å². The lowest BCUT2D eigenvalue weighted by Gasteiger charge is -2.16. The first-order chi connectivity index (χ1) is 9.28. The highest BCUT2D eigenvalue weighted by molar-refractivity contribution is 7.09. The summed E-state index contributed by atoms with van der Waals surface area (Å²) in [6, 6.07) is 11.6. The Kier molecular flexibility index (Phi) is 5.55. The molecule has 1 nitrogen and oxygen atoms in total. The van der Waals surface area contributed by atoms with Gasteiger partial charge in [0, 0.05) is 10.9 Å². The van der Waals surface area contributed by atoms with Crippen molar-refractivity contribution in [2.45, 2.75) is 31.7 Å². The highest BCUT2D eigenvalue weighted by Gasteiger charge is 2.08. The average molecular weight is 277 g/mol. The van der Waals surface area contributed by atoms with Crippen LogP contribution in [0.3, 0.4) is 0 Å². The first kappa shape index (κ1) is 14.2. The number of likely N-dealkylation sites (N-methyl/N-ethyl adjacent to an activating group) is 1. The van der Waals surface area contributed by atoms with E-state index < -0.39 is 0 Å². The van der Waals surface area contributed by atoms with Crippen molar-refractivity contribution in [3.63, 3.8) is 0 Å². The maximum absolute atomic E-state index is 13.1. The Bertz CT molecular complexity index is 481. The lowest BCUT2D eigenvalue weighted by molar-refractivity contribution is 0.501. The van der Waals surface area contributed by atoms with Crippen LogP contribution < -0.4 is 5.32 Å². The van der Waals surface area contributed by atoms with Crippen molar-refractivity contribution >= 4 is 11.3 Å². The average Bonchev–Trinajstić information content (AvgIpc) is 2.91. The van der Waals surface area contributed by atoms with Crippen molar-refractivity contribution in [3.05, 3.63) is 58.0 Å². The molecule has 1 aromatic carbocycles. The fraction of sp³-hybridized carbons (Fsp3) is 0.375. The predicted molar refractivity (Wildman–Crippen MR) is 80.2 cm³/mol. The molecule has 0 spiro atoms. The van der Waals surface area contributed by atoms with Crippen molar-refractivity contribution in [3.8, 4) is 0 Å². The van der Waals surface area contributed by atoms with Gasteiger partial charge in [-0.1, -0.05) is 18.2 Å². The van der Waals surface area contributed by atoms with Crippen LogP contribution in [0.1, 0.15) is 23.3 Å². The third kappa shape index (κ3) is 4.77. The Morgan fingerprint density at radius 1 is 1.26 bits per heavy atom. The summed E-state index contributed by atoms with van der Waals surface area (Å²) in [6.07, 6.45) is 4.31. The van der Waals surface area contributed by atoms with Gasteiger partial charge in [-0.25, -0.2) is 4.39 Å². The Morgan fingerprint density at radius 2 is 2.16 bits per heavy atom. The molecule has 1 N–H and O–H groups in total. The van der Waals surface area contributed by atoms with Crippen molar-refractivity contribution in [2.24, 2.45) is 0 Å². The maximum atomic E-state index is 13.1. The van der Waals surface area contributed by atoms with Crippen LogP contribution in [-0.2, 0) is 12.8 Å². The van der Waals surface area contributed by atoms with Gasteiger partial charge >= 0.3 is 0 Å². The Morgan fingerprint density at radius 3 is 2.84 bits per heavy atom. The summed E-state index contributed by atoms with van der Waals surface area (Å²) in [5, 5.41) is 5.45. The minimum absolute atomic E-state index is 0.147. The highest BCUT2D eigenvalue weighted by atomic mass is 32.1. The van der Waals surface area contributed by atoms with Gasteiger partial charge in [0.05, 0.1) is 0 Å². The van der Waals surface area contributed by atoms with Gasteiger partial charge < -0.3 is 5.32 Å². The van der Waals surface area contributed by atoms with Gasteiger partial charge in [0.25, 0.3) is 0 Å². The lowest BCUT2D eigenvalue weighted by Crippen LogP contribution is -2.27. The van der Waals surface area contributed by atoms with Crippen LogP contribution in [0, 0.1) is 5.82 Å². The normalized spacial score (nSPS) is 12.5. The molecule has 0 saturated heterocycles. The van der Waals surface area contributed by atoms with Gasteiger partial charge in [-0.15, -0.1) is 11.3 Å². The fourth-order valence-corrected chi connectivity index (χ4v) is 3.03. The molecular formula is C16H20FNS. The second kappa shape index (κ2) is 7.41. The predicted octanol–water partition coefficient (Wildman–Crippen LogP) is 4.04. The van der Waals surface area contributed by atoms with Crippen LogP contribution in [0.5, 0.6) is 0 Å². The lowest BCUT2D eigenvalue weighted by atomic mass is 10.0. The van der Waals surface area contributed by atoms with Crippen LogP contribution in [0.4, 0.5) is 4.39 Å². The van der Waals surface area contributed by atoms with E-state index >= 15 is 0 Å². The second-order valence-electron chi connectivity index (χ2n) is 4.79. The SMILES string of the molecule is CNC(CCCc1cccs1)Cc1cccc(F)c1. The van der Waals surface area contributed by atoms with Crippen LogP contribution >= 0.6 is 11.3 Å². The molecule has 0 radical (unpaired) electrons. The van der Waals surface area contributed by atoms with E-state index in [1.165, 1.54) is 17.4 Å². The molecule has 1 aromatic heterocycles. The van der Waals surface area contributed by atoms with E-state index in [0.717, 1.165) is 24.8 Å². The minimum Gasteiger partial charge on any atom is -0.317 e. The van der Waals surface area contributed by atoms with Crippen molar-refractivity contribution in [1.29, 1.82) is 0 Å². The highest BCUT2D eigenvalue weighted by Crippen LogP contribution is 2.14. The Hall–Kier alpha value is -1.19. The number of nitrogens with one attached hydrogen (secondary N) is 1. The van der Waals surface area contributed by atoms with Gasteiger partial charge in [-0.05, 0) is 61.9 Å². The molecule has 0 aliphatic heterocycles. The topological polar surface area (TPSA) is 12.0 Å². The summed E-state index contributed by atoms with van der Waals surface area (Å²) in [4.78, 5) is 1.45. The zero-order valence-corrected chi connectivity index (χ0v) is 12.0. The maximum Gasteiger partial charge on any atom is 0.123 e. The molecule has 0 amide bonds. The molecule has 0 aliphatic carbocycles. The molecule has 0 fully saturated rings. The Labute approximate surface area is 118 Å². The Balaban J connectivity index is 1.80. The molecule has 19 heavy (non-hydrogen) atoms. The summed E-state index contributed by atoms with van der Waals surface area (Å²) < 4.78 is 13.1. The third-order valence-electron chi connectivity index (χ3n) is 3.34. The zero-order chi connectivity index (χ0) is 13.5. The number of rotatable bonds is 7. The van der Waals surface area contributed by atoms with E-state index in [2.05, 4.69) is 22.8 Å². The monoisotopic (exact) mass is 277 g/mol. The van der Waals surface area contributed by atoms with Crippen LogP contribution in [0.15, 0.2) is 41.8 Å². The van der Waals surface area contributed by atoms with Gasteiger partial charge in [-0.3, -0.25) is 0 Å². The number of hydrogen-bond donors (Lipinski definition) is 1. The minimum atomic E-state index is -0.147. The molecule has 0 bridgehead atoms. The molecular weight excluding hydrogens is 257 g/mol. The zero-order valence-electron chi connectivity index (χ0n) is 11.2. The van der Waals surface area contributed by atoms with E-state index in [9.17, 15) is 4.39 Å². The van der Waals surface area contributed by atoms with Crippen LogP contribution in [0.25, 0.3) is 0 Å². The molecule has 1 unspecified atom stereocenters. The largest absolute Gasteiger partial charge is 0.317 e. The number of hydrogen-bond acceptors (Lipinski definition) is 2. The number of benzene rings is 1. The summed E-state index contributed by atoms with van der Waals surface area (Å²) in [7, 11) is 1.98. The molecule has 1 heterocycles. The molecule has 102 valence electrons. The summed E-state index contributed by atoms with van der Waals surface area (Å²) in [6.45, 7) is 0. The van der Waals surface area contributed by atoms with E-state index in [-0.39, 0.29) is 5.82 Å². The smallest absolute Gasteiger partial charge is 0.123 e. The van der Waals surface area contributed by atoms with Crippen molar-refractivity contribution < 1.29 is 4.39 Å². The van der Waals surface area contributed by atoms with Crippen LogP contribution in [-0.4, -0.2) is 13.1 Å². The van der Waals surface area contributed by atoms with Gasteiger partial charge in [0.2, 0.25) is 0 Å². The number of thiophene rings is 1. The summed E-state index contributed by atoms with van der Waals surface area (Å²) in [5.74, 6) is -0.147. The molecule has 3 heteroatoms. The van der Waals surface area contributed by atoms with E-state index in [4.69, 9.17) is 0 Å². The quantitative estimate of drug-likeness (QED) is 0.805. The summed E-state index contributed by atoms with van der Waals surface area (Å²) in [5.41, 5.74) is 1.07. The van der Waals surface area contributed by atoms with Gasteiger partial charge in [-0.2, -0.15) is 0 Å². The number of aryl methyl sites for hydroxylation is 1. The second-order valence-corrected chi connectivity index (χ2v) is 5.82.